The summed E-state index contributed by atoms with van der Waals surface area (Å²) >= 11 is 0. The third kappa shape index (κ3) is 55.4. The van der Waals surface area contributed by atoms with Crippen LogP contribution in [0.4, 0.5) is 0 Å². The first kappa shape index (κ1) is 97.3. The Hall–Kier alpha value is -3.72. The monoisotopic (exact) mass is 1490 g/mol. The van der Waals surface area contributed by atoms with E-state index in [0.29, 0.717) is 51.4 Å². The molecule has 0 aliphatic carbocycles. The first-order valence-corrected chi connectivity index (χ1v) is 43.6. The maximum atomic E-state index is 14.8. The molecule has 0 saturated carbocycles. The van der Waals surface area contributed by atoms with Crippen molar-refractivity contribution >= 4 is 49.5 Å². The maximum absolute atomic E-state index is 14.8. The molecule has 0 bridgehead atoms. The number of ether oxygens (including phenoxy) is 6. The Balaban J connectivity index is 3.85. The van der Waals surface area contributed by atoms with Gasteiger partial charge in [0.2, 0.25) is 11.8 Å². The van der Waals surface area contributed by atoms with Gasteiger partial charge in [0.05, 0.1) is 32.5 Å². The molecular formula is C81H151N2O19P. The lowest BCUT2D eigenvalue weighted by atomic mass is 9.95. The Morgan fingerprint density at radius 3 is 1.01 bits per heavy atom. The summed E-state index contributed by atoms with van der Waals surface area (Å²) in [6.45, 7) is 11.1. The predicted octanol–water partition coefficient (Wildman–Crippen LogP) is 19.3. The van der Waals surface area contributed by atoms with Crippen molar-refractivity contribution in [3.63, 3.8) is 0 Å². The van der Waals surface area contributed by atoms with Crippen LogP contribution in [0.2, 0.25) is 0 Å². The zero-order valence-corrected chi connectivity index (χ0v) is 66.7. The number of aliphatic hydroxyl groups excluding tert-OH is 1. The second-order valence-corrected chi connectivity index (χ2v) is 30.7. The van der Waals surface area contributed by atoms with Crippen LogP contribution in [0.1, 0.15) is 408 Å². The quantitative estimate of drug-likeness (QED) is 0.0143. The Labute approximate surface area is 624 Å². The van der Waals surface area contributed by atoms with E-state index in [1.807, 2.05) is 0 Å². The number of nitrogens with one attached hydrogen (secondary N) is 2. The number of carbonyl (C=O) groups is 7. The lowest BCUT2D eigenvalue weighted by Gasteiger charge is -2.45. The van der Waals surface area contributed by atoms with Crippen LogP contribution in [-0.2, 0) is 71.1 Å². The summed E-state index contributed by atoms with van der Waals surface area (Å²) in [4.78, 5) is 118. The van der Waals surface area contributed by atoms with E-state index in [9.17, 15) is 58.1 Å². The fourth-order valence-electron chi connectivity index (χ4n) is 13.5. The molecule has 21 nitrogen and oxygen atoms in total. The molecular weight excluding hydrogens is 1340 g/mol. The van der Waals surface area contributed by atoms with Gasteiger partial charge < -0.3 is 59.1 Å². The second-order valence-electron chi connectivity index (χ2n) is 29.5. The van der Waals surface area contributed by atoms with E-state index in [-0.39, 0.29) is 32.1 Å². The predicted molar refractivity (Wildman–Crippen MR) is 407 cm³/mol. The number of amides is 2. The number of unbranched alkanes of at least 4 members (excludes halogenated alkanes) is 42. The van der Waals surface area contributed by atoms with Gasteiger partial charge in [-0.3, -0.25) is 33.3 Å². The van der Waals surface area contributed by atoms with E-state index >= 15 is 0 Å². The molecule has 0 radical (unpaired) electrons. The van der Waals surface area contributed by atoms with Gasteiger partial charge in [0.25, 0.3) is 0 Å². The fourth-order valence-corrected chi connectivity index (χ4v) is 14.1. The third-order valence-electron chi connectivity index (χ3n) is 19.7. The van der Waals surface area contributed by atoms with Gasteiger partial charge in [0.15, 0.2) is 18.4 Å². The minimum atomic E-state index is -5.56. The number of phosphoric acid groups is 1. The van der Waals surface area contributed by atoms with Crippen LogP contribution in [0.15, 0.2) is 0 Å². The number of esters is 4. The number of carboxylic acid groups (broad SMARTS) is 1. The summed E-state index contributed by atoms with van der Waals surface area (Å²) < 4.78 is 54.9. The largest absolute Gasteiger partial charge is 0.480 e. The summed E-state index contributed by atoms with van der Waals surface area (Å²) in [7, 11) is -5.56. The van der Waals surface area contributed by atoms with Gasteiger partial charge in [0, 0.05) is 19.3 Å². The standard InChI is InChI=1S/C81H151N2O19P/c1-7-13-19-25-31-34-40-43-49-55-66(97-73(87)58-52-46-37-28-22-16-10-4)61-71(85)82-69(80(91)92)65-96-81-77(83-72(86)62-67(56-50-44-41-35-32-26-20-14-8-2)98-74(88)59-53-47-38-29-23-17-11-5)79(78(70(64-84)100-81)102-103(93,94)95)101-76(90)63-68(57-51-45-42-36-33-27-21-15-9-3)99-75(89)60-54-48-39-30-24-18-12-6/h66-70,77-79,81,84H,7-65H2,1-6H3,(H,82,85)(H,83,86)(H,91,92)(H2,93,94,95)/t66-,67-,68-,69+,70?,77+,78+,79?,81-/m1/s1. The van der Waals surface area contributed by atoms with Crippen LogP contribution < -0.4 is 10.6 Å². The minimum absolute atomic E-state index is 0.125. The number of carbonyl (C=O) groups excluding carboxylic acids is 6. The summed E-state index contributed by atoms with van der Waals surface area (Å²) in [6.07, 6.45) is 38.1. The van der Waals surface area contributed by atoms with Crippen LogP contribution in [0.3, 0.4) is 0 Å². The van der Waals surface area contributed by atoms with Gasteiger partial charge in [-0.25, -0.2) is 9.36 Å². The van der Waals surface area contributed by atoms with Crippen molar-refractivity contribution in [2.24, 2.45) is 0 Å². The van der Waals surface area contributed by atoms with E-state index in [1.54, 1.807) is 0 Å². The van der Waals surface area contributed by atoms with Crippen molar-refractivity contribution in [3.05, 3.63) is 0 Å². The Kier molecular flexibility index (Phi) is 62.8. The number of hydrogen-bond donors (Lipinski definition) is 6. The van der Waals surface area contributed by atoms with Crippen LogP contribution in [0.5, 0.6) is 0 Å². The highest BCUT2D eigenvalue weighted by Crippen LogP contribution is 2.42. The molecule has 1 aliphatic rings. The fraction of sp³-hybridized carbons (Fsp3) is 0.914. The number of aliphatic hydroxyl groups is 1. The van der Waals surface area contributed by atoms with Crippen LogP contribution in [-0.4, -0.2) is 130 Å². The lowest BCUT2D eigenvalue weighted by molar-refractivity contribution is -0.272. The van der Waals surface area contributed by atoms with E-state index in [0.717, 1.165) is 225 Å². The van der Waals surface area contributed by atoms with Crippen LogP contribution in [0.25, 0.3) is 0 Å². The molecule has 1 heterocycles. The Morgan fingerprint density at radius 2 is 0.699 bits per heavy atom. The van der Waals surface area contributed by atoms with Crippen LogP contribution >= 0.6 is 7.82 Å². The highest BCUT2D eigenvalue weighted by molar-refractivity contribution is 7.46. The summed E-state index contributed by atoms with van der Waals surface area (Å²) in [5.41, 5.74) is 0. The van der Waals surface area contributed by atoms with E-state index in [2.05, 4.69) is 52.2 Å². The normalized spacial score (nSPS) is 17.3. The highest BCUT2D eigenvalue weighted by Gasteiger charge is 2.52. The van der Waals surface area contributed by atoms with Gasteiger partial charge in [0.1, 0.15) is 36.6 Å². The number of rotatable bonds is 73. The first-order chi connectivity index (χ1) is 49.8. The van der Waals surface area contributed by atoms with Crippen molar-refractivity contribution in [2.45, 2.75) is 463 Å². The van der Waals surface area contributed by atoms with Gasteiger partial charge in [-0.05, 0) is 57.8 Å². The van der Waals surface area contributed by atoms with Crippen LogP contribution in [0, 0.1) is 0 Å². The number of phosphoric ester groups is 1. The summed E-state index contributed by atoms with van der Waals surface area (Å²) in [5, 5.41) is 26.9. The molecule has 2 unspecified atom stereocenters. The smallest absolute Gasteiger partial charge is 0.470 e. The molecule has 604 valence electrons. The Bertz CT molecular complexity index is 2170. The molecule has 0 aromatic heterocycles. The molecule has 1 saturated heterocycles. The molecule has 1 aliphatic heterocycles. The van der Waals surface area contributed by atoms with E-state index in [4.69, 9.17) is 32.9 Å². The molecule has 22 heteroatoms. The highest BCUT2D eigenvalue weighted by atomic mass is 31.2. The number of aliphatic carboxylic acids is 1. The van der Waals surface area contributed by atoms with Crippen molar-refractivity contribution < 1.29 is 91.1 Å². The first-order valence-electron chi connectivity index (χ1n) is 42.1. The molecule has 6 N–H and O–H groups in total. The van der Waals surface area contributed by atoms with Gasteiger partial charge in [-0.1, -0.05) is 311 Å². The second kappa shape index (κ2) is 66.5. The molecule has 2 amide bonds. The number of hydrogen-bond acceptors (Lipinski definition) is 16. The van der Waals surface area contributed by atoms with Gasteiger partial charge in [-0.2, -0.15) is 0 Å². The van der Waals surface area contributed by atoms with Crippen molar-refractivity contribution in [3.8, 4) is 0 Å². The molecule has 1 rings (SSSR count). The average Bonchev–Trinajstić information content (AvgIpc) is 0.781. The molecule has 0 aromatic rings. The summed E-state index contributed by atoms with van der Waals surface area (Å²) in [6, 6.07) is -3.60. The topological polar surface area (TPSA) is 306 Å². The van der Waals surface area contributed by atoms with Crippen molar-refractivity contribution in [2.75, 3.05) is 13.2 Å². The number of carboxylic acids is 1. The lowest BCUT2D eigenvalue weighted by Crippen LogP contribution is -2.66. The van der Waals surface area contributed by atoms with E-state index in [1.165, 1.54) is 44.9 Å². The van der Waals surface area contributed by atoms with E-state index < -0.39 is 131 Å². The van der Waals surface area contributed by atoms with Gasteiger partial charge >= 0.3 is 37.7 Å². The van der Waals surface area contributed by atoms with Gasteiger partial charge in [-0.15, -0.1) is 0 Å². The average molecular weight is 1490 g/mol. The maximum Gasteiger partial charge on any atom is 0.470 e. The molecule has 1 fully saturated rings. The molecule has 9 atom stereocenters. The van der Waals surface area contributed by atoms with Crippen molar-refractivity contribution in [1.82, 2.24) is 10.6 Å². The molecule has 0 spiro atoms. The SMILES string of the molecule is CCCCCCCCCCC[C@H](CC(=O)N[C@@H](CO[C@@H]1OC(CO)[C@H](OP(=O)(O)O)C(OC(=O)C[C@@H](CCCCCCCCCCC)OC(=O)CCCCCCCCC)[C@@H]1NC(=O)C[C@@H](CCCCCCCCCCC)OC(=O)CCCCCCCCC)C(=O)O)OC(=O)CCCCCCCCC. The zero-order valence-electron chi connectivity index (χ0n) is 65.8. The molecule has 103 heavy (non-hydrogen) atoms. The Morgan fingerprint density at radius 1 is 0.398 bits per heavy atom. The zero-order chi connectivity index (χ0) is 75.8. The summed E-state index contributed by atoms with van der Waals surface area (Å²) in [5.74, 6) is -5.54. The minimum Gasteiger partial charge on any atom is -0.480 e. The van der Waals surface area contributed by atoms with Crippen molar-refractivity contribution in [1.29, 1.82) is 0 Å². The molecule has 0 aromatic carbocycles. The third-order valence-corrected chi connectivity index (χ3v) is 20.2.